The van der Waals surface area contributed by atoms with Crippen LogP contribution in [0.1, 0.15) is 44.6 Å². The van der Waals surface area contributed by atoms with Crippen molar-refractivity contribution in [2.75, 3.05) is 25.1 Å². The molecule has 1 aromatic carbocycles. The summed E-state index contributed by atoms with van der Waals surface area (Å²) in [6, 6.07) is 5.96. The summed E-state index contributed by atoms with van der Waals surface area (Å²) >= 11 is 0. The molecule has 1 aliphatic heterocycles. The van der Waals surface area contributed by atoms with Crippen LogP contribution in [0.25, 0.3) is 11.0 Å². The third kappa shape index (κ3) is 6.19. The molecule has 1 unspecified atom stereocenters. The lowest BCUT2D eigenvalue weighted by Crippen LogP contribution is -2.44. The molecule has 9 nitrogen and oxygen atoms in total. The summed E-state index contributed by atoms with van der Waals surface area (Å²) in [5.74, 6) is 1.41. The Balaban J connectivity index is 1.23. The molecule has 2 aliphatic rings. The maximum atomic E-state index is 12.5. The average Bonchev–Trinajstić information content (AvgIpc) is 3.50. The number of aliphatic hydroxyl groups excluding tert-OH is 1. The molecule has 5 rings (SSSR count). The quantitative estimate of drug-likeness (QED) is 0.410. The Bertz CT molecular complexity index is 1180. The first kappa shape index (κ1) is 25.8. The van der Waals surface area contributed by atoms with Crippen LogP contribution >= 0.6 is 0 Å². The van der Waals surface area contributed by atoms with Gasteiger partial charge in [0.05, 0.1) is 36.3 Å². The monoisotopic (exact) mass is 522 g/mol. The van der Waals surface area contributed by atoms with E-state index in [4.69, 9.17) is 14.6 Å². The van der Waals surface area contributed by atoms with Crippen LogP contribution in [0, 0.1) is 0 Å². The molecule has 0 bridgehead atoms. The summed E-state index contributed by atoms with van der Waals surface area (Å²) < 4.78 is 53.4. The van der Waals surface area contributed by atoms with Gasteiger partial charge in [0, 0.05) is 50.6 Å². The topological polar surface area (TPSA) is 98.4 Å². The molecular weight excluding hydrogens is 489 g/mol. The Kier molecular flexibility index (Phi) is 7.59. The number of alkyl halides is 3. The van der Waals surface area contributed by atoms with Crippen molar-refractivity contribution in [3.05, 3.63) is 30.7 Å². The maximum absolute atomic E-state index is 12.5. The molecular formula is C25H33F3N6O3. The van der Waals surface area contributed by atoms with Gasteiger partial charge in [0.2, 0.25) is 0 Å². The first-order valence-electron chi connectivity index (χ1n) is 12.8. The van der Waals surface area contributed by atoms with E-state index in [-0.39, 0.29) is 18.2 Å². The highest BCUT2D eigenvalue weighted by atomic mass is 19.4. The number of aromatic nitrogens is 4. The minimum absolute atomic E-state index is 0.0466. The van der Waals surface area contributed by atoms with E-state index in [1.807, 2.05) is 40.7 Å². The van der Waals surface area contributed by atoms with Crippen LogP contribution in [0.5, 0.6) is 5.75 Å². The summed E-state index contributed by atoms with van der Waals surface area (Å²) in [7, 11) is 1.92. The Hall–Kier alpha value is -2.83. The number of hydrogen-bond donors (Lipinski definition) is 3. The molecule has 0 amide bonds. The van der Waals surface area contributed by atoms with Gasteiger partial charge in [-0.2, -0.15) is 18.3 Å². The van der Waals surface area contributed by atoms with Crippen molar-refractivity contribution in [3.8, 4) is 5.75 Å². The first-order chi connectivity index (χ1) is 17.8. The van der Waals surface area contributed by atoms with Gasteiger partial charge in [0.1, 0.15) is 11.3 Å². The number of rotatable bonds is 8. The van der Waals surface area contributed by atoms with Gasteiger partial charge in [-0.15, -0.1) is 0 Å². The summed E-state index contributed by atoms with van der Waals surface area (Å²) in [5.41, 5.74) is 2.51. The molecule has 0 radical (unpaired) electrons. The van der Waals surface area contributed by atoms with E-state index < -0.39 is 18.8 Å². The van der Waals surface area contributed by atoms with E-state index in [2.05, 4.69) is 15.6 Å². The number of ether oxygens (including phenoxy) is 2. The second-order valence-electron chi connectivity index (χ2n) is 9.93. The lowest BCUT2D eigenvalue weighted by Gasteiger charge is -2.30. The van der Waals surface area contributed by atoms with E-state index >= 15 is 0 Å². The summed E-state index contributed by atoms with van der Waals surface area (Å²) in [5, 5.41) is 20.1. The molecule has 1 aliphatic carbocycles. The number of anilines is 2. The highest BCUT2D eigenvalue weighted by Gasteiger charge is 2.38. The van der Waals surface area contributed by atoms with Crippen molar-refractivity contribution in [1.82, 2.24) is 24.6 Å². The summed E-state index contributed by atoms with van der Waals surface area (Å²) in [6.45, 7) is 0.970. The molecule has 2 atom stereocenters. The fourth-order valence-electron chi connectivity index (χ4n) is 5.02. The third-order valence-corrected chi connectivity index (χ3v) is 7.14. The van der Waals surface area contributed by atoms with Crippen LogP contribution in [-0.4, -0.2) is 68.6 Å². The highest BCUT2D eigenvalue weighted by molar-refractivity contribution is 5.91. The number of aryl methyl sites for hydroxylation is 1. The van der Waals surface area contributed by atoms with Gasteiger partial charge in [-0.05, 0) is 38.5 Å². The van der Waals surface area contributed by atoms with Gasteiger partial charge < -0.3 is 29.8 Å². The van der Waals surface area contributed by atoms with E-state index in [1.54, 1.807) is 6.33 Å². The third-order valence-electron chi connectivity index (χ3n) is 7.14. The van der Waals surface area contributed by atoms with Crippen LogP contribution in [0.3, 0.4) is 0 Å². The number of halogens is 3. The number of fused-ring (bicyclic) bond motifs is 1. The predicted octanol–water partition coefficient (Wildman–Crippen LogP) is 4.07. The maximum Gasteiger partial charge on any atom is 0.415 e. The molecule has 0 spiro atoms. The minimum atomic E-state index is -4.61. The van der Waals surface area contributed by atoms with Gasteiger partial charge in [-0.1, -0.05) is 0 Å². The lowest BCUT2D eigenvalue weighted by molar-refractivity contribution is -0.202. The van der Waals surface area contributed by atoms with E-state index in [1.165, 1.54) is 0 Å². The fraction of sp³-hybridized carbons (Fsp3) is 0.600. The van der Waals surface area contributed by atoms with E-state index in [0.29, 0.717) is 43.9 Å². The smallest absolute Gasteiger partial charge is 0.415 e. The summed E-state index contributed by atoms with van der Waals surface area (Å²) in [6.07, 6.45) is 1.54. The molecule has 37 heavy (non-hydrogen) atoms. The second-order valence-corrected chi connectivity index (χ2v) is 9.93. The van der Waals surface area contributed by atoms with Gasteiger partial charge in [0.25, 0.3) is 0 Å². The zero-order valence-electron chi connectivity index (χ0n) is 20.7. The lowest BCUT2D eigenvalue weighted by atomic mass is 9.93. The molecule has 1 saturated carbocycles. The van der Waals surface area contributed by atoms with Crippen molar-refractivity contribution in [2.45, 2.75) is 69.0 Å². The molecule has 3 aromatic rings. The molecule has 202 valence electrons. The Labute approximate surface area is 212 Å². The Morgan fingerprint density at radius 1 is 1.22 bits per heavy atom. The summed E-state index contributed by atoms with van der Waals surface area (Å²) in [4.78, 5) is 4.54. The van der Waals surface area contributed by atoms with Gasteiger partial charge in [-0.25, -0.2) is 4.98 Å². The molecule has 1 saturated heterocycles. The SMILES string of the molecule is Cn1cnc2c(Nc3ccn([C@@H]4CCCOC4)n3)cc(O[C@H]3CC[C@@H](NCC(O)C(F)(F)F)CC3)cc21. The Morgan fingerprint density at radius 2 is 2.03 bits per heavy atom. The predicted molar refractivity (Wildman–Crippen MR) is 132 cm³/mol. The second kappa shape index (κ2) is 10.9. The zero-order chi connectivity index (χ0) is 26.0. The number of benzene rings is 1. The normalized spacial score (nSPS) is 23.8. The number of nitrogens with zero attached hydrogens (tertiary/aromatic N) is 4. The average molecular weight is 523 g/mol. The van der Waals surface area contributed by atoms with Gasteiger partial charge in [-0.3, -0.25) is 4.68 Å². The van der Waals surface area contributed by atoms with Crippen molar-refractivity contribution in [2.24, 2.45) is 7.05 Å². The number of aliphatic hydroxyl groups is 1. The molecule has 2 aromatic heterocycles. The molecule has 3 heterocycles. The van der Waals surface area contributed by atoms with Crippen molar-refractivity contribution < 1.29 is 27.8 Å². The molecule has 3 N–H and O–H groups in total. The standard InChI is InChI=1S/C25H33F3N6O3/c1-33-15-30-24-20(31-23-8-9-34(32-23)17-3-2-10-36-14-17)11-19(12-21(24)33)37-18-6-4-16(5-7-18)29-13-22(35)25(26,27)28/h8-9,11-12,15-18,22,29,35H,2-7,10,13-14H2,1H3,(H,31,32)/t16-,17-,18+,22?/m1/s1. The largest absolute Gasteiger partial charge is 0.490 e. The number of imidazole rings is 1. The van der Waals surface area contributed by atoms with Crippen molar-refractivity contribution in [3.63, 3.8) is 0 Å². The van der Waals surface area contributed by atoms with Crippen LogP contribution < -0.4 is 15.4 Å². The first-order valence-corrected chi connectivity index (χ1v) is 12.8. The van der Waals surface area contributed by atoms with Crippen LogP contribution in [0.15, 0.2) is 30.7 Å². The molecule has 2 fully saturated rings. The van der Waals surface area contributed by atoms with E-state index in [9.17, 15) is 18.3 Å². The number of hydrogen-bond acceptors (Lipinski definition) is 7. The van der Waals surface area contributed by atoms with Crippen molar-refractivity contribution in [1.29, 1.82) is 0 Å². The van der Waals surface area contributed by atoms with Crippen LogP contribution in [0.2, 0.25) is 0 Å². The minimum Gasteiger partial charge on any atom is -0.490 e. The van der Waals surface area contributed by atoms with E-state index in [0.717, 1.165) is 36.2 Å². The van der Waals surface area contributed by atoms with Crippen LogP contribution in [-0.2, 0) is 11.8 Å². The fourth-order valence-corrected chi connectivity index (χ4v) is 5.02. The van der Waals surface area contributed by atoms with Gasteiger partial charge in [0.15, 0.2) is 11.9 Å². The highest BCUT2D eigenvalue weighted by Crippen LogP contribution is 2.33. The number of nitrogens with one attached hydrogen (secondary N) is 2. The zero-order valence-corrected chi connectivity index (χ0v) is 20.7. The van der Waals surface area contributed by atoms with Gasteiger partial charge >= 0.3 is 6.18 Å². The Morgan fingerprint density at radius 3 is 2.76 bits per heavy atom. The van der Waals surface area contributed by atoms with Crippen LogP contribution in [0.4, 0.5) is 24.7 Å². The van der Waals surface area contributed by atoms with Crippen molar-refractivity contribution >= 4 is 22.5 Å². The molecule has 12 heteroatoms.